The van der Waals surface area contributed by atoms with Gasteiger partial charge in [0.1, 0.15) is 0 Å². The fourth-order valence-electron chi connectivity index (χ4n) is 2.22. The standard InChI is InChI=1S/C13H17ClOS/c14-12-7-3-6-11(8-15)13(12)16-9-10-4-1-2-5-10/h3,6-7,10,15H,1-2,4-5,8-9H2. The Labute approximate surface area is 106 Å². The molecule has 0 amide bonds. The molecular weight excluding hydrogens is 240 g/mol. The number of hydrogen-bond acceptors (Lipinski definition) is 2. The third-order valence-corrected chi connectivity index (χ3v) is 4.99. The van der Waals surface area contributed by atoms with Crippen molar-refractivity contribution in [2.75, 3.05) is 5.75 Å². The Morgan fingerprint density at radius 3 is 2.75 bits per heavy atom. The number of rotatable bonds is 4. The van der Waals surface area contributed by atoms with Crippen LogP contribution >= 0.6 is 23.4 Å². The van der Waals surface area contributed by atoms with Gasteiger partial charge in [-0.15, -0.1) is 11.8 Å². The molecule has 1 aliphatic rings. The molecule has 2 rings (SSSR count). The van der Waals surface area contributed by atoms with E-state index in [1.807, 2.05) is 18.2 Å². The van der Waals surface area contributed by atoms with Gasteiger partial charge in [-0.3, -0.25) is 0 Å². The topological polar surface area (TPSA) is 20.2 Å². The number of benzene rings is 1. The monoisotopic (exact) mass is 256 g/mol. The molecule has 16 heavy (non-hydrogen) atoms. The zero-order chi connectivity index (χ0) is 11.4. The van der Waals surface area contributed by atoms with Crippen LogP contribution in [0, 0.1) is 5.92 Å². The van der Waals surface area contributed by atoms with E-state index in [4.69, 9.17) is 11.6 Å². The fraction of sp³-hybridized carbons (Fsp3) is 0.538. The third kappa shape index (κ3) is 2.93. The summed E-state index contributed by atoms with van der Waals surface area (Å²) in [6.07, 6.45) is 5.46. The van der Waals surface area contributed by atoms with E-state index in [0.717, 1.165) is 27.2 Å². The summed E-state index contributed by atoms with van der Waals surface area (Å²) in [6, 6.07) is 5.74. The highest BCUT2D eigenvalue weighted by Crippen LogP contribution is 2.35. The summed E-state index contributed by atoms with van der Waals surface area (Å²) >= 11 is 7.97. The quantitative estimate of drug-likeness (QED) is 0.818. The Bertz CT molecular complexity index is 348. The lowest BCUT2D eigenvalue weighted by Gasteiger charge is -2.12. The molecule has 0 aliphatic heterocycles. The Morgan fingerprint density at radius 1 is 1.31 bits per heavy atom. The van der Waals surface area contributed by atoms with E-state index >= 15 is 0 Å². The summed E-state index contributed by atoms with van der Waals surface area (Å²) in [5.74, 6) is 1.98. The van der Waals surface area contributed by atoms with E-state index in [1.165, 1.54) is 25.7 Å². The lowest BCUT2D eigenvalue weighted by Crippen LogP contribution is -1.98. The molecule has 1 nitrogen and oxygen atoms in total. The van der Waals surface area contributed by atoms with Crippen molar-refractivity contribution in [3.05, 3.63) is 28.8 Å². The SMILES string of the molecule is OCc1cccc(Cl)c1SCC1CCCC1. The Kier molecular flexibility index (Phi) is 4.56. The van der Waals surface area contributed by atoms with Crippen molar-refractivity contribution in [2.24, 2.45) is 5.92 Å². The number of thioether (sulfide) groups is 1. The largest absolute Gasteiger partial charge is 0.392 e. The lowest BCUT2D eigenvalue weighted by molar-refractivity contribution is 0.279. The minimum Gasteiger partial charge on any atom is -0.392 e. The zero-order valence-electron chi connectivity index (χ0n) is 9.29. The van der Waals surface area contributed by atoms with Crippen LogP contribution in [0.4, 0.5) is 0 Å². The Hall–Kier alpha value is -0.180. The first-order valence-corrected chi connectivity index (χ1v) is 7.18. The van der Waals surface area contributed by atoms with Gasteiger partial charge in [-0.25, -0.2) is 0 Å². The van der Waals surface area contributed by atoms with Crippen LogP contribution in [-0.4, -0.2) is 10.9 Å². The maximum atomic E-state index is 9.26. The molecule has 1 aliphatic carbocycles. The van der Waals surface area contributed by atoms with Gasteiger partial charge in [0, 0.05) is 10.6 Å². The summed E-state index contributed by atoms with van der Waals surface area (Å²) in [5, 5.41) is 10.0. The first-order chi connectivity index (χ1) is 7.81. The minimum atomic E-state index is 0.0769. The molecule has 0 unspecified atom stereocenters. The summed E-state index contributed by atoms with van der Waals surface area (Å²) in [7, 11) is 0. The van der Waals surface area contributed by atoms with Gasteiger partial charge in [-0.1, -0.05) is 36.6 Å². The molecule has 3 heteroatoms. The van der Waals surface area contributed by atoms with E-state index in [9.17, 15) is 5.11 Å². The van der Waals surface area contributed by atoms with Gasteiger partial charge in [0.2, 0.25) is 0 Å². The number of halogens is 1. The van der Waals surface area contributed by atoms with Gasteiger partial charge in [-0.05, 0) is 30.4 Å². The molecule has 0 radical (unpaired) electrons. The molecule has 1 saturated carbocycles. The van der Waals surface area contributed by atoms with Crippen LogP contribution in [0.2, 0.25) is 5.02 Å². The predicted octanol–water partition coefficient (Wildman–Crippen LogP) is 4.11. The van der Waals surface area contributed by atoms with Crippen molar-refractivity contribution in [3.63, 3.8) is 0 Å². The van der Waals surface area contributed by atoms with Crippen molar-refractivity contribution >= 4 is 23.4 Å². The second-order valence-corrected chi connectivity index (χ2v) is 5.79. The van der Waals surface area contributed by atoms with Gasteiger partial charge >= 0.3 is 0 Å². The molecule has 1 N–H and O–H groups in total. The van der Waals surface area contributed by atoms with Gasteiger partial charge in [-0.2, -0.15) is 0 Å². The van der Waals surface area contributed by atoms with E-state index in [2.05, 4.69) is 0 Å². The Morgan fingerprint density at radius 2 is 2.06 bits per heavy atom. The average molecular weight is 257 g/mol. The van der Waals surface area contributed by atoms with E-state index in [0.29, 0.717) is 0 Å². The molecule has 1 fully saturated rings. The second-order valence-electron chi connectivity index (χ2n) is 4.35. The molecule has 0 spiro atoms. The summed E-state index contributed by atoms with van der Waals surface area (Å²) in [5.41, 5.74) is 0.954. The third-order valence-electron chi connectivity index (χ3n) is 3.16. The summed E-state index contributed by atoms with van der Waals surface area (Å²) in [4.78, 5) is 1.07. The first-order valence-electron chi connectivity index (χ1n) is 5.82. The van der Waals surface area contributed by atoms with E-state index in [1.54, 1.807) is 11.8 Å². The van der Waals surface area contributed by atoms with Gasteiger partial charge in [0.15, 0.2) is 0 Å². The Balaban J connectivity index is 2.01. The lowest BCUT2D eigenvalue weighted by atomic mass is 10.1. The molecule has 0 aromatic heterocycles. The molecular formula is C13H17ClOS. The minimum absolute atomic E-state index is 0.0769. The highest BCUT2D eigenvalue weighted by molar-refractivity contribution is 7.99. The van der Waals surface area contributed by atoms with Crippen LogP contribution in [-0.2, 0) is 6.61 Å². The van der Waals surface area contributed by atoms with Crippen LogP contribution in [0.25, 0.3) is 0 Å². The van der Waals surface area contributed by atoms with Crippen LogP contribution in [0.15, 0.2) is 23.1 Å². The highest BCUT2D eigenvalue weighted by atomic mass is 35.5. The van der Waals surface area contributed by atoms with Gasteiger partial charge < -0.3 is 5.11 Å². The molecule has 0 heterocycles. The maximum Gasteiger partial charge on any atom is 0.0693 e. The van der Waals surface area contributed by atoms with Crippen LogP contribution in [0.1, 0.15) is 31.2 Å². The highest BCUT2D eigenvalue weighted by Gasteiger charge is 2.16. The van der Waals surface area contributed by atoms with Crippen LogP contribution in [0.5, 0.6) is 0 Å². The number of aliphatic hydroxyl groups is 1. The van der Waals surface area contributed by atoms with Crippen molar-refractivity contribution < 1.29 is 5.11 Å². The summed E-state index contributed by atoms with van der Waals surface area (Å²) in [6.45, 7) is 0.0769. The maximum absolute atomic E-state index is 9.26. The smallest absolute Gasteiger partial charge is 0.0693 e. The molecule has 1 aromatic carbocycles. The van der Waals surface area contributed by atoms with E-state index < -0.39 is 0 Å². The van der Waals surface area contributed by atoms with E-state index in [-0.39, 0.29) is 6.61 Å². The zero-order valence-corrected chi connectivity index (χ0v) is 10.9. The van der Waals surface area contributed by atoms with Crippen LogP contribution in [0.3, 0.4) is 0 Å². The number of hydrogen-bond donors (Lipinski definition) is 1. The second kappa shape index (κ2) is 5.95. The fourth-order valence-corrected chi connectivity index (χ4v) is 3.84. The van der Waals surface area contributed by atoms with Crippen LogP contribution < -0.4 is 0 Å². The van der Waals surface area contributed by atoms with Crippen molar-refractivity contribution in [2.45, 2.75) is 37.2 Å². The van der Waals surface area contributed by atoms with Crippen molar-refractivity contribution in [1.29, 1.82) is 0 Å². The normalized spacial score (nSPS) is 16.9. The average Bonchev–Trinajstić information content (AvgIpc) is 2.80. The first kappa shape index (κ1) is 12.3. The molecule has 0 bridgehead atoms. The molecule has 88 valence electrons. The molecule has 1 aromatic rings. The van der Waals surface area contributed by atoms with Crippen molar-refractivity contribution in [3.8, 4) is 0 Å². The summed E-state index contributed by atoms with van der Waals surface area (Å²) < 4.78 is 0. The predicted molar refractivity (Wildman–Crippen MR) is 70.1 cm³/mol. The number of aliphatic hydroxyl groups excluding tert-OH is 1. The van der Waals surface area contributed by atoms with Crippen molar-refractivity contribution in [1.82, 2.24) is 0 Å². The van der Waals surface area contributed by atoms with Gasteiger partial charge in [0.05, 0.1) is 11.6 Å². The van der Waals surface area contributed by atoms with Gasteiger partial charge in [0.25, 0.3) is 0 Å². The molecule has 0 atom stereocenters. The molecule has 0 saturated heterocycles.